The first kappa shape index (κ1) is 11.6. The first-order valence-corrected chi connectivity index (χ1v) is 7.01. The molecule has 88 valence electrons. The molecule has 0 aromatic heterocycles. The molecular weight excluding hydrogens is 222 g/mol. The number of rotatable bonds is 2. The van der Waals surface area contributed by atoms with E-state index >= 15 is 0 Å². The SMILES string of the molecule is CC1CN(S(=O)(=O)c2ccccc2)CC1C. The van der Waals surface area contributed by atoms with Crippen LogP contribution in [0.1, 0.15) is 13.8 Å². The Morgan fingerprint density at radius 1 is 1.06 bits per heavy atom. The second-order valence-electron chi connectivity index (χ2n) is 4.59. The Morgan fingerprint density at radius 3 is 2.06 bits per heavy atom. The van der Waals surface area contributed by atoms with Gasteiger partial charge in [0.15, 0.2) is 0 Å². The summed E-state index contributed by atoms with van der Waals surface area (Å²) in [5.74, 6) is 0.886. The lowest BCUT2D eigenvalue weighted by Gasteiger charge is -2.15. The molecule has 0 N–H and O–H groups in total. The molecule has 0 radical (unpaired) electrons. The van der Waals surface area contributed by atoms with Crippen LogP contribution in [0.15, 0.2) is 35.2 Å². The van der Waals surface area contributed by atoms with Crippen molar-refractivity contribution in [1.29, 1.82) is 0 Å². The smallest absolute Gasteiger partial charge is 0.207 e. The minimum absolute atomic E-state index is 0.399. The maximum Gasteiger partial charge on any atom is 0.243 e. The van der Waals surface area contributed by atoms with E-state index < -0.39 is 10.0 Å². The maximum absolute atomic E-state index is 12.3. The zero-order valence-corrected chi connectivity index (χ0v) is 10.4. The van der Waals surface area contributed by atoms with Gasteiger partial charge in [-0.25, -0.2) is 8.42 Å². The van der Waals surface area contributed by atoms with E-state index in [1.165, 1.54) is 0 Å². The van der Waals surface area contributed by atoms with Crippen LogP contribution in [-0.2, 0) is 10.0 Å². The predicted molar refractivity (Wildman–Crippen MR) is 63.5 cm³/mol. The molecule has 0 amide bonds. The van der Waals surface area contributed by atoms with E-state index in [4.69, 9.17) is 0 Å². The van der Waals surface area contributed by atoms with Crippen LogP contribution in [0.3, 0.4) is 0 Å². The first-order chi connectivity index (χ1) is 7.51. The summed E-state index contributed by atoms with van der Waals surface area (Å²) in [6.07, 6.45) is 0. The Bertz CT molecular complexity index is 445. The van der Waals surface area contributed by atoms with Gasteiger partial charge in [-0.15, -0.1) is 0 Å². The topological polar surface area (TPSA) is 37.4 Å². The number of nitrogens with zero attached hydrogens (tertiary/aromatic N) is 1. The summed E-state index contributed by atoms with van der Waals surface area (Å²) in [4.78, 5) is 0.399. The van der Waals surface area contributed by atoms with Crippen LogP contribution in [0.4, 0.5) is 0 Å². The molecule has 1 saturated heterocycles. The molecule has 0 saturated carbocycles. The average molecular weight is 239 g/mol. The van der Waals surface area contributed by atoms with Gasteiger partial charge in [0.05, 0.1) is 4.90 Å². The van der Waals surface area contributed by atoms with E-state index in [9.17, 15) is 8.42 Å². The molecule has 2 unspecified atom stereocenters. The van der Waals surface area contributed by atoms with E-state index in [-0.39, 0.29) is 0 Å². The normalized spacial score (nSPS) is 27.1. The minimum Gasteiger partial charge on any atom is -0.207 e. The summed E-state index contributed by atoms with van der Waals surface area (Å²) in [6, 6.07) is 8.66. The molecule has 1 aliphatic rings. The van der Waals surface area contributed by atoms with Crippen molar-refractivity contribution in [3.05, 3.63) is 30.3 Å². The van der Waals surface area contributed by atoms with Crippen LogP contribution in [0.25, 0.3) is 0 Å². The van der Waals surface area contributed by atoms with Crippen molar-refractivity contribution in [2.75, 3.05) is 13.1 Å². The van der Waals surface area contributed by atoms with Crippen molar-refractivity contribution < 1.29 is 8.42 Å². The highest BCUT2D eigenvalue weighted by atomic mass is 32.2. The van der Waals surface area contributed by atoms with E-state index in [0.29, 0.717) is 29.8 Å². The third kappa shape index (κ3) is 1.99. The summed E-state index contributed by atoms with van der Waals surface area (Å²) < 4.78 is 26.1. The Hall–Kier alpha value is -0.870. The Balaban J connectivity index is 2.28. The molecule has 1 fully saturated rings. The fraction of sp³-hybridized carbons (Fsp3) is 0.500. The highest BCUT2D eigenvalue weighted by Gasteiger charge is 2.34. The molecule has 2 rings (SSSR count). The second-order valence-corrected chi connectivity index (χ2v) is 6.53. The standard InChI is InChI=1S/C12H17NO2S/c1-10-8-13(9-11(10)2)16(14,15)12-6-4-3-5-7-12/h3-7,10-11H,8-9H2,1-2H3. The van der Waals surface area contributed by atoms with E-state index in [1.807, 2.05) is 6.07 Å². The lowest BCUT2D eigenvalue weighted by atomic mass is 10.0. The van der Waals surface area contributed by atoms with Crippen LogP contribution in [0, 0.1) is 11.8 Å². The van der Waals surface area contributed by atoms with Gasteiger partial charge in [0.1, 0.15) is 0 Å². The number of hydrogen-bond donors (Lipinski definition) is 0. The lowest BCUT2D eigenvalue weighted by Crippen LogP contribution is -2.28. The van der Waals surface area contributed by atoms with Gasteiger partial charge >= 0.3 is 0 Å². The van der Waals surface area contributed by atoms with Crippen molar-refractivity contribution in [2.24, 2.45) is 11.8 Å². The quantitative estimate of drug-likeness (QED) is 0.791. The zero-order chi connectivity index (χ0) is 11.8. The Morgan fingerprint density at radius 2 is 1.56 bits per heavy atom. The van der Waals surface area contributed by atoms with Gasteiger partial charge in [0.25, 0.3) is 0 Å². The predicted octanol–water partition coefficient (Wildman–Crippen LogP) is 1.96. The van der Waals surface area contributed by atoms with Gasteiger partial charge in [0.2, 0.25) is 10.0 Å². The van der Waals surface area contributed by atoms with Crippen LogP contribution in [0.2, 0.25) is 0 Å². The lowest BCUT2D eigenvalue weighted by molar-refractivity contribution is 0.463. The highest BCUT2D eigenvalue weighted by molar-refractivity contribution is 7.89. The molecule has 2 atom stereocenters. The minimum atomic E-state index is -3.27. The van der Waals surface area contributed by atoms with E-state index in [1.54, 1.807) is 28.6 Å². The van der Waals surface area contributed by atoms with Gasteiger partial charge in [-0.2, -0.15) is 4.31 Å². The largest absolute Gasteiger partial charge is 0.243 e. The molecule has 0 spiro atoms. The molecule has 3 nitrogen and oxygen atoms in total. The van der Waals surface area contributed by atoms with Crippen molar-refractivity contribution >= 4 is 10.0 Å². The molecule has 1 aromatic rings. The van der Waals surface area contributed by atoms with Gasteiger partial charge < -0.3 is 0 Å². The maximum atomic E-state index is 12.3. The van der Waals surface area contributed by atoms with Crippen LogP contribution < -0.4 is 0 Å². The van der Waals surface area contributed by atoms with Crippen LogP contribution in [-0.4, -0.2) is 25.8 Å². The third-order valence-corrected chi connectivity index (χ3v) is 5.18. The molecule has 0 bridgehead atoms. The summed E-state index contributed by atoms with van der Waals surface area (Å²) >= 11 is 0. The average Bonchev–Trinajstić information content (AvgIpc) is 2.61. The Kier molecular flexibility index (Phi) is 3.04. The summed E-state index contributed by atoms with van der Waals surface area (Å²) in [6.45, 7) is 5.48. The molecule has 1 aromatic carbocycles. The fourth-order valence-corrected chi connectivity index (χ4v) is 3.68. The van der Waals surface area contributed by atoms with Gasteiger partial charge in [-0.05, 0) is 24.0 Å². The third-order valence-electron chi connectivity index (χ3n) is 3.34. The van der Waals surface area contributed by atoms with Gasteiger partial charge in [-0.1, -0.05) is 32.0 Å². The van der Waals surface area contributed by atoms with Crippen LogP contribution >= 0.6 is 0 Å². The highest BCUT2D eigenvalue weighted by Crippen LogP contribution is 2.27. The number of sulfonamides is 1. The van der Waals surface area contributed by atoms with Crippen molar-refractivity contribution in [2.45, 2.75) is 18.7 Å². The molecular formula is C12H17NO2S. The zero-order valence-electron chi connectivity index (χ0n) is 9.63. The monoisotopic (exact) mass is 239 g/mol. The summed E-state index contributed by atoms with van der Waals surface area (Å²) in [5.41, 5.74) is 0. The molecule has 4 heteroatoms. The number of benzene rings is 1. The van der Waals surface area contributed by atoms with Crippen LogP contribution in [0.5, 0.6) is 0 Å². The van der Waals surface area contributed by atoms with Gasteiger partial charge in [0, 0.05) is 13.1 Å². The molecule has 16 heavy (non-hydrogen) atoms. The molecule has 1 aliphatic heterocycles. The second kappa shape index (κ2) is 4.18. The molecule has 0 aliphatic carbocycles. The van der Waals surface area contributed by atoms with E-state index in [0.717, 1.165) is 0 Å². The number of hydrogen-bond acceptors (Lipinski definition) is 2. The summed E-state index contributed by atoms with van der Waals surface area (Å²) in [7, 11) is -3.27. The van der Waals surface area contributed by atoms with Crippen molar-refractivity contribution in [3.63, 3.8) is 0 Å². The van der Waals surface area contributed by atoms with Crippen molar-refractivity contribution in [3.8, 4) is 0 Å². The molecule has 1 heterocycles. The summed E-state index contributed by atoms with van der Waals surface area (Å²) in [5, 5.41) is 0. The fourth-order valence-electron chi connectivity index (χ4n) is 2.01. The van der Waals surface area contributed by atoms with Crippen molar-refractivity contribution in [1.82, 2.24) is 4.31 Å². The van der Waals surface area contributed by atoms with Gasteiger partial charge in [-0.3, -0.25) is 0 Å². The Labute approximate surface area is 97.1 Å². The van der Waals surface area contributed by atoms with E-state index in [2.05, 4.69) is 13.8 Å². The first-order valence-electron chi connectivity index (χ1n) is 5.57.